The quantitative estimate of drug-likeness (QED) is 0.528. The first-order valence-corrected chi connectivity index (χ1v) is 10.0. The maximum Gasteiger partial charge on any atom is 0.241 e. The number of hydrogen-bond acceptors (Lipinski definition) is 4. The highest BCUT2D eigenvalue weighted by molar-refractivity contribution is 5.97. The maximum atomic E-state index is 12.4. The average Bonchev–Trinajstić information content (AvgIpc) is 3.15. The molecule has 2 aromatic rings. The Morgan fingerprint density at radius 2 is 2.00 bits per heavy atom. The van der Waals surface area contributed by atoms with Gasteiger partial charge in [0.15, 0.2) is 5.96 Å². The summed E-state index contributed by atoms with van der Waals surface area (Å²) in [5, 5.41) is 6.29. The first kappa shape index (κ1) is 21.3. The number of para-hydroxylation sites is 1. The van der Waals surface area contributed by atoms with Crippen molar-refractivity contribution in [3.05, 3.63) is 60.4 Å². The summed E-state index contributed by atoms with van der Waals surface area (Å²) >= 11 is 0. The normalized spacial score (nSPS) is 16.5. The number of likely N-dealkylation sites (N-methyl/N-ethyl adjacent to an activating group) is 1. The van der Waals surface area contributed by atoms with Gasteiger partial charge in [0.2, 0.25) is 11.8 Å². The predicted octanol–water partition coefficient (Wildman–Crippen LogP) is 1.05. The van der Waals surface area contributed by atoms with Crippen molar-refractivity contribution in [2.24, 2.45) is 4.99 Å². The van der Waals surface area contributed by atoms with Crippen LogP contribution in [0.15, 0.2) is 59.7 Å². The minimum absolute atomic E-state index is 0.0395. The zero-order valence-electron chi connectivity index (χ0n) is 17.4. The molecular formula is C22H28N6O2. The van der Waals surface area contributed by atoms with E-state index in [1.54, 1.807) is 30.1 Å². The number of carbonyl (C=O) groups excluding carboxylic acids is 2. The van der Waals surface area contributed by atoms with Gasteiger partial charge in [-0.15, -0.1) is 0 Å². The molecule has 0 spiro atoms. The molecule has 2 N–H and O–H groups in total. The van der Waals surface area contributed by atoms with E-state index in [-0.39, 0.29) is 24.4 Å². The van der Waals surface area contributed by atoms with E-state index in [2.05, 4.69) is 20.6 Å². The molecule has 1 aliphatic heterocycles. The minimum atomic E-state index is -0.0686. The van der Waals surface area contributed by atoms with Gasteiger partial charge in [-0.1, -0.05) is 24.3 Å². The highest BCUT2D eigenvalue weighted by atomic mass is 16.2. The van der Waals surface area contributed by atoms with Gasteiger partial charge in [0.25, 0.3) is 0 Å². The summed E-state index contributed by atoms with van der Waals surface area (Å²) in [6.45, 7) is 1.27. The molecular weight excluding hydrogens is 380 g/mol. The lowest BCUT2D eigenvalue weighted by Gasteiger charge is -2.20. The lowest BCUT2D eigenvalue weighted by Crippen LogP contribution is -2.48. The monoisotopic (exact) mass is 408 g/mol. The molecule has 1 fully saturated rings. The van der Waals surface area contributed by atoms with E-state index in [9.17, 15) is 9.59 Å². The number of aromatic nitrogens is 1. The third-order valence-electron chi connectivity index (χ3n) is 5.02. The van der Waals surface area contributed by atoms with E-state index < -0.39 is 0 Å². The van der Waals surface area contributed by atoms with E-state index in [4.69, 9.17) is 0 Å². The molecule has 0 saturated carbocycles. The lowest BCUT2D eigenvalue weighted by molar-refractivity contribution is -0.128. The molecule has 8 nitrogen and oxygen atoms in total. The molecule has 0 radical (unpaired) electrons. The average molecular weight is 409 g/mol. The van der Waals surface area contributed by atoms with Crippen molar-refractivity contribution in [3.63, 3.8) is 0 Å². The Labute approximate surface area is 177 Å². The number of anilines is 1. The molecule has 2 heterocycles. The molecule has 1 aromatic carbocycles. The Morgan fingerprint density at radius 1 is 1.23 bits per heavy atom. The Balaban J connectivity index is 1.44. The summed E-state index contributed by atoms with van der Waals surface area (Å²) in [6.07, 6.45) is 2.84. The van der Waals surface area contributed by atoms with Crippen LogP contribution in [0.1, 0.15) is 12.1 Å². The van der Waals surface area contributed by atoms with Crippen LogP contribution in [0.4, 0.5) is 5.69 Å². The molecule has 1 unspecified atom stereocenters. The fourth-order valence-corrected chi connectivity index (χ4v) is 3.30. The van der Waals surface area contributed by atoms with Crippen LogP contribution in [0.2, 0.25) is 0 Å². The van der Waals surface area contributed by atoms with Gasteiger partial charge in [0.1, 0.15) is 0 Å². The SMILES string of the molecule is CN=C(NCC(=O)N(C)CCc1ccccn1)NC1CC(=O)N(c2ccccc2)C1. The van der Waals surface area contributed by atoms with Gasteiger partial charge in [0.05, 0.1) is 12.6 Å². The van der Waals surface area contributed by atoms with Crippen LogP contribution < -0.4 is 15.5 Å². The second-order valence-corrected chi connectivity index (χ2v) is 7.20. The van der Waals surface area contributed by atoms with Gasteiger partial charge in [-0.05, 0) is 24.3 Å². The van der Waals surface area contributed by atoms with Gasteiger partial charge in [-0.3, -0.25) is 19.6 Å². The molecule has 1 saturated heterocycles. The van der Waals surface area contributed by atoms with E-state index >= 15 is 0 Å². The van der Waals surface area contributed by atoms with Crippen molar-refractivity contribution in [2.75, 3.05) is 38.6 Å². The van der Waals surface area contributed by atoms with Gasteiger partial charge in [0, 0.05) is 57.6 Å². The highest BCUT2D eigenvalue weighted by Gasteiger charge is 2.31. The first-order chi connectivity index (χ1) is 14.6. The number of carbonyl (C=O) groups is 2. The zero-order valence-corrected chi connectivity index (χ0v) is 17.4. The van der Waals surface area contributed by atoms with Crippen molar-refractivity contribution < 1.29 is 9.59 Å². The van der Waals surface area contributed by atoms with Crippen LogP contribution in [0.3, 0.4) is 0 Å². The van der Waals surface area contributed by atoms with Crippen molar-refractivity contribution in [3.8, 4) is 0 Å². The molecule has 1 aromatic heterocycles. The summed E-state index contributed by atoms with van der Waals surface area (Å²) in [5.41, 5.74) is 1.84. The number of guanidine groups is 1. The summed E-state index contributed by atoms with van der Waals surface area (Å²) in [7, 11) is 3.42. The van der Waals surface area contributed by atoms with Crippen LogP contribution in [0.5, 0.6) is 0 Å². The van der Waals surface area contributed by atoms with Crippen LogP contribution >= 0.6 is 0 Å². The number of aliphatic imine (C=N–C) groups is 1. The number of nitrogens with zero attached hydrogens (tertiary/aromatic N) is 4. The van der Waals surface area contributed by atoms with Gasteiger partial charge < -0.3 is 20.4 Å². The Kier molecular flexibility index (Phi) is 7.37. The number of rotatable bonds is 7. The topological polar surface area (TPSA) is 89.9 Å². The summed E-state index contributed by atoms with van der Waals surface area (Å²) in [4.78, 5) is 36.7. The smallest absolute Gasteiger partial charge is 0.241 e. The number of benzene rings is 1. The summed E-state index contributed by atoms with van der Waals surface area (Å²) < 4.78 is 0. The Bertz CT molecular complexity index is 872. The zero-order chi connectivity index (χ0) is 21.3. The van der Waals surface area contributed by atoms with Crippen molar-refractivity contribution in [2.45, 2.75) is 18.9 Å². The van der Waals surface area contributed by atoms with Crippen LogP contribution in [0.25, 0.3) is 0 Å². The van der Waals surface area contributed by atoms with Gasteiger partial charge in [-0.25, -0.2) is 0 Å². The Hall–Kier alpha value is -3.42. The van der Waals surface area contributed by atoms with Gasteiger partial charge in [-0.2, -0.15) is 0 Å². The second kappa shape index (κ2) is 10.4. The van der Waals surface area contributed by atoms with Crippen molar-refractivity contribution >= 4 is 23.5 Å². The lowest BCUT2D eigenvalue weighted by atomic mass is 10.2. The largest absolute Gasteiger partial charge is 0.351 e. The number of amides is 2. The highest BCUT2D eigenvalue weighted by Crippen LogP contribution is 2.20. The number of hydrogen-bond donors (Lipinski definition) is 2. The summed E-state index contributed by atoms with van der Waals surface area (Å²) in [5.74, 6) is 0.538. The maximum absolute atomic E-state index is 12.4. The molecule has 1 aliphatic rings. The molecule has 1 atom stereocenters. The van der Waals surface area contributed by atoms with Crippen LogP contribution in [-0.4, -0.2) is 67.4 Å². The molecule has 30 heavy (non-hydrogen) atoms. The fraction of sp³-hybridized carbons (Fsp3) is 0.364. The number of pyridine rings is 1. The van der Waals surface area contributed by atoms with E-state index in [0.717, 1.165) is 11.4 Å². The fourth-order valence-electron chi connectivity index (χ4n) is 3.30. The van der Waals surface area contributed by atoms with Gasteiger partial charge >= 0.3 is 0 Å². The van der Waals surface area contributed by atoms with Crippen LogP contribution in [0, 0.1) is 0 Å². The van der Waals surface area contributed by atoms with E-state index in [1.807, 2.05) is 48.5 Å². The number of nitrogens with one attached hydrogen (secondary N) is 2. The molecule has 8 heteroatoms. The molecule has 0 aliphatic carbocycles. The standard InChI is InChI=1S/C22H28N6O2/c1-23-22(25-15-21(30)27(2)13-11-17-8-6-7-12-24-17)26-18-14-20(29)28(16-18)19-9-4-3-5-10-19/h3-10,12,18H,11,13-16H2,1-2H3,(H2,23,25,26). The Morgan fingerprint density at radius 3 is 2.70 bits per heavy atom. The van der Waals surface area contributed by atoms with E-state index in [1.165, 1.54) is 0 Å². The van der Waals surface area contributed by atoms with Crippen molar-refractivity contribution in [1.82, 2.24) is 20.5 Å². The predicted molar refractivity (Wildman–Crippen MR) is 117 cm³/mol. The molecule has 158 valence electrons. The molecule has 0 bridgehead atoms. The van der Waals surface area contributed by atoms with Crippen molar-refractivity contribution in [1.29, 1.82) is 0 Å². The third kappa shape index (κ3) is 5.79. The van der Waals surface area contributed by atoms with E-state index in [0.29, 0.717) is 31.9 Å². The minimum Gasteiger partial charge on any atom is -0.351 e. The van der Waals surface area contributed by atoms with Crippen LogP contribution in [-0.2, 0) is 16.0 Å². The third-order valence-corrected chi connectivity index (χ3v) is 5.02. The molecule has 3 rings (SSSR count). The second-order valence-electron chi connectivity index (χ2n) is 7.20. The summed E-state index contributed by atoms with van der Waals surface area (Å²) in [6, 6.07) is 15.3. The molecule has 2 amide bonds. The first-order valence-electron chi connectivity index (χ1n) is 10.0.